The van der Waals surface area contributed by atoms with Crippen molar-refractivity contribution in [3.05, 3.63) is 76.3 Å². The van der Waals surface area contributed by atoms with E-state index in [-0.39, 0.29) is 10.7 Å². The van der Waals surface area contributed by atoms with Crippen LogP contribution in [0, 0.1) is 0 Å². The molecule has 0 fully saturated rings. The van der Waals surface area contributed by atoms with Gasteiger partial charge in [-0.2, -0.15) is 4.31 Å². The molecule has 2 aromatic rings. The fourth-order valence-corrected chi connectivity index (χ4v) is 4.68. The molecule has 0 aliphatic carbocycles. The Morgan fingerprint density at radius 1 is 1.14 bits per heavy atom. The molecule has 0 N–H and O–H groups in total. The van der Waals surface area contributed by atoms with Crippen LogP contribution in [-0.2, 0) is 10.0 Å². The van der Waals surface area contributed by atoms with Crippen molar-refractivity contribution in [1.29, 1.82) is 0 Å². The van der Waals surface area contributed by atoms with Gasteiger partial charge in [-0.15, -0.1) is 0 Å². The van der Waals surface area contributed by atoms with E-state index < -0.39 is 10.0 Å². The second-order valence-corrected chi connectivity index (χ2v) is 8.88. The van der Waals surface area contributed by atoms with Crippen molar-refractivity contribution in [3.8, 4) is 5.75 Å². The number of carbonyl (C=O) groups is 1. The maximum Gasteiger partial charge on any atom is 0.243 e. The van der Waals surface area contributed by atoms with Gasteiger partial charge in [0.2, 0.25) is 10.0 Å². The largest absolute Gasteiger partial charge is 0.488 e. The van der Waals surface area contributed by atoms with Gasteiger partial charge in [-0.05, 0) is 60.2 Å². The number of ether oxygens (including phenoxy) is 1. The summed E-state index contributed by atoms with van der Waals surface area (Å²) in [6, 6.07) is 11.4. The Hall–Kier alpha value is -2.41. The Bertz CT molecular complexity index is 1070. The minimum absolute atomic E-state index is 0.179. The Morgan fingerprint density at radius 2 is 1.83 bits per heavy atom. The molecule has 1 aliphatic rings. The Morgan fingerprint density at radius 3 is 2.48 bits per heavy atom. The quantitative estimate of drug-likeness (QED) is 0.475. The highest BCUT2D eigenvalue weighted by Crippen LogP contribution is 2.29. The number of ketones is 1. The first kappa shape index (κ1) is 21.3. The average Bonchev–Trinajstić information content (AvgIpc) is 2.72. The van der Waals surface area contributed by atoms with E-state index in [1.165, 1.54) is 34.6 Å². The molecule has 7 heteroatoms. The number of rotatable bonds is 7. The third-order valence-corrected chi connectivity index (χ3v) is 6.94. The molecule has 1 heterocycles. The van der Waals surface area contributed by atoms with Gasteiger partial charge in [0.05, 0.1) is 4.90 Å². The molecule has 0 unspecified atom stereocenters. The SMILES string of the molecule is CCN(CC)S(=O)(=O)c1ccc(C(=O)C=CC2=Cc3cc(Cl)ccc3OC2)cc1. The molecular weight excluding hydrogens is 410 g/mol. The Balaban J connectivity index is 1.75. The summed E-state index contributed by atoms with van der Waals surface area (Å²) in [5, 5.41) is 0.615. The molecule has 1 aliphatic heterocycles. The molecule has 0 spiro atoms. The molecule has 0 radical (unpaired) electrons. The minimum atomic E-state index is -3.54. The zero-order chi connectivity index (χ0) is 21.0. The van der Waals surface area contributed by atoms with Gasteiger partial charge in [-0.3, -0.25) is 4.79 Å². The van der Waals surface area contributed by atoms with Crippen molar-refractivity contribution >= 4 is 33.5 Å². The summed E-state index contributed by atoms with van der Waals surface area (Å²) < 4.78 is 32.1. The van der Waals surface area contributed by atoms with Crippen molar-refractivity contribution in [2.75, 3.05) is 19.7 Å². The van der Waals surface area contributed by atoms with Gasteiger partial charge in [0.25, 0.3) is 0 Å². The van der Waals surface area contributed by atoms with E-state index in [1.807, 2.05) is 12.1 Å². The van der Waals surface area contributed by atoms with Crippen molar-refractivity contribution in [1.82, 2.24) is 4.31 Å². The molecule has 0 bridgehead atoms. The molecule has 0 amide bonds. The van der Waals surface area contributed by atoms with Gasteiger partial charge in [0, 0.05) is 29.2 Å². The number of hydrogen-bond acceptors (Lipinski definition) is 4. The zero-order valence-electron chi connectivity index (χ0n) is 16.3. The number of halogens is 1. The molecule has 3 rings (SSSR count). The lowest BCUT2D eigenvalue weighted by Gasteiger charge is -2.18. The van der Waals surface area contributed by atoms with Crippen LogP contribution < -0.4 is 4.74 Å². The summed E-state index contributed by atoms with van der Waals surface area (Å²) in [4.78, 5) is 12.6. The predicted octanol–water partition coefficient (Wildman–Crippen LogP) is 4.59. The number of carbonyl (C=O) groups excluding carboxylic acids is 1. The van der Waals surface area contributed by atoms with E-state index in [0.29, 0.717) is 30.3 Å². The first-order valence-electron chi connectivity index (χ1n) is 9.30. The van der Waals surface area contributed by atoms with E-state index in [0.717, 1.165) is 16.9 Å². The lowest BCUT2D eigenvalue weighted by Crippen LogP contribution is -2.30. The standard InChI is InChI=1S/C22H22ClNO4S/c1-3-24(4-2)29(26,27)20-9-6-17(7-10-20)21(25)11-5-16-13-18-14-19(23)8-12-22(18)28-15-16/h5-14H,3-4,15H2,1-2H3. The van der Waals surface area contributed by atoms with E-state index in [1.54, 1.807) is 32.1 Å². The highest BCUT2D eigenvalue weighted by molar-refractivity contribution is 7.89. The number of nitrogens with zero attached hydrogens (tertiary/aromatic N) is 1. The summed E-state index contributed by atoms with van der Waals surface area (Å²) in [6.07, 6.45) is 5.08. The lowest BCUT2D eigenvalue weighted by atomic mass is 10.1. The molecule has 0 saturated carbocycles. The average molecular weight is 432 g/mol. The third-order valence-electron chi connectivity index (χ3n) is 4.64. The van der Waals surface area contributed by atoms with Crippen LogP contribution in [0.15, 0.2) is 65.1 Å². The summed E-state index contributed by atoms with van der Waals surface area (Å²) in [6.45, 7) is 4.74. The number of benzene rings is 2. The highest BCUT2D eigenvalue weighted by atomic mass is 35.5. The molecule has 5 nitrogen and oxygen atoms in total. The second kappa shape index (κ2) is 8.95. The molecule has 152 valence electrons. The van der Waals surface area contributed by atoms with Crippen LogP contribution in [0.4, 0.5) is 0 Å². The van der Waals surface area contributed by atoms with Crippen LogP contribution in [0.5, 0.6) is 5.75 Å². The maximum absolute atomic E-state index is 12.5. The van der Waals surface area contributed by atoms with Gasteiger partial charge in [-0.25, -0.2) is 8.42 Å². The van der Waals surface area contributed by atoms with Crippen LogP contribution in [0.3, 0.4) is 0 Å². The van der Waals surface area contributed by atoms with Crippen molar-refractivity contribution in [3.63, 3.8) is 0 Å². The zero-order valence-corrected chi connectivity index (χ0v) is 17.8. The number of sulfonamides is 1. The summed E-state index contributed by atoms with van der Waals surface area (Å²) in [5.41, 5.74) is 2.12. The van der Waals surface area contributed by atoms with Gasteiger partial charge < -0.3 is 4.74 Å². The van der Waals surface area contributed by atoms with Crippen molar-refractivity contribution in [2.45, 2.75) is 18.7 Å². The minimum Gasteiger partial charge on any atom is -0.488 e. The Labute approximate surface area is 176 Å². The van der Waals surface area contributed by atoms with E-state index >= 15 is 0 Å². The monoisotopic (exact) mass is 431 g/mol. The lowest BCUT2D eigenvalue weighted by molar-refractivity contribution is 0.104. The van der Waals surface area contributed by atoms with Crippen molar-refractivity contribution in [2.24, 2.45) is 0 Å². The topological polar surface area (TPSA) is 63.7 Å². The van der Waals surface area contributed by atoms with Gasteiger partial charge >= 0.3 is 0 Å². The van der Waals surface area contributed by atoms with E-state index in [9.17, 15) is 13.2 Å². The van der Waals surface area contributed by atoms with Crippen LogP contribution in [0.2, 0.25) is 5.02 Å². The predicted molar refractivity (Wildman–Crippen MR) is 115 cm³/mol. The first-order valence-corrected chi connectivity index (χ1v) is 11.1. The summed E-state index contributed by atoms with van der Waals surface area (Å²) >= 11 is 6.01. The summed E-state index contributed by atoms with van der Waals surface area (Å²) in [5.74, 6) is 0.539. The van der Waals surface area contributed by atoms with Gasteiger partial charge in [0.1, 0.15) is 12.4 Å². The van der Waals surface area contributed by atoms with Crippen molar-refractivity contribution < 1.29 is 17.9 Å². The Kier molecular flexibility index (Phi) is 6.57. The molecular formula is C22H22ClNO4S. The third kappa shape index (κ3) is 4.78. The molecule has 29 heavy (non-hydrogen) atoms. The van der Waals surface area contributed by atoms with Crippen LogP contribution in [0.1, 0.15) is 29.8 Å². The van der Waals surface area contributed by atoms with Gasteiger partial charge in [-0.1, -0.05) is 31.5 Å². The van der Waals surface area contributed by atoms with E-state index in [4.69, 9.17) is 16.3 Å². The molecule has 0 saturated heterocycles. The molecule has 2 aromatic carbocycles. The number of allylic oxidation sites excluding steroid dienone is 1. The first-order chi connectivity index (χ1) is 13.8. The smallest absolute Gasteiger partial charge is 0.243 e. The van der Waals surface area contributed by atoms with E-state index in [2.05, 4.69) is 0 Å². The summed E-state index contributed by atoms with van der Waals surface area (Å²) in [7, 11) is -3.54. The number of fused-ring (bicyclic) bond motifs is 1. The fraction of sp³-hybridized carbons (Fsp3) is 0.227. The maximum atomic E-state index is 12.5. The fourth-order valence-electron chi connectivity index (χ4n) is 3.04. The molecule has 0 atom stereocenters. The van der Waals surface area contributed by atoms with Crippen LogP contribution in [-0.4, -0.2) is 38.2 Å². The van der Waals surface area contributed by atoms with Gasteiger partial charge in [0.15, 0.2) is 5.78 Å². The number of hydrogen-bond donors (Lipinski definition) is 0. The second-order valence-electron chi connectivity index (χ2n) is 6.50. The normalized spacial score (nSPS) is 13.9. The highest BCUT2D eigenvalue weighted by Gasteiger charge is 2.21. The van der Waals surface area contributed by atoms with Crippen LogP contribution >= 0.6 is 11.6 Å². The van der Waals surface area contributed by atoms with Crippen LogP contribution in [0.25, 0.3) is 6.08 Å². The molecule has 0 aromatic heterocycles.